The van der Waals surface area contributed by atoms with E-state index < -0.39 is 28.6 Å². The highest BCUT2D eigenvalue weighted by atomic mass is 16.6. The second-order valence-corrected chi connectivity index (χ2v) is 15.5. The van der Waals surface area contributed by atoms with Crippen LogP contribution in [-0.2, 0) is 28.6 Å². The summed E-state index contributed by atoms with van der Waals surface area (Å²) in [4.78, 5) is 39.8. The summed E-state index contributed by atoms with van der Waals surface area (Å²) in [5.74, 6) is -1.72. The molecule has 5 unspecified atom stereocenters. The summed E-state index contributed by atoms with van der Waals surface area (Å²) in [6, 6.07) is 17.2. The summed E-state index contributed by atoms with van der Waals surface area (Å²) in [6.45, 7) is 20.8. The molecule has 0 saturated carbocycles. The molecule has 0 aliphatic heterocycles. The molecule has 262 valence electrons. The topological polar surface area (TPSA) is 99.1 Å². The van der Waals surface area contributed by atoms with Crippen LogP contribution < -0.4 is 0 Å². The van der Waals surface area contributed by atoms with Crippen molar-refractivity contribution in [3.8, 4) is 5.75 Å². The summed E-state index contributed by atoms with van der Waals surface area (Å²) in [5, 5.41) is 9.84. The smallest absolute Gasteiger partial charge is 0.309 e. The lowest BCUT2D eigenvalue weighted by Gasteiger charge is -2.36. The molecule has 2 aromatic rings. The lowest BCUT2D eigenvalue weighted by Crippen LogP contribution is -2.41. The summed E-state index contributed by atoms with van der Waals surface area (Å²) >= 11 is 0. The van der Waals surface area contributed by atoms with Crippen LogP contribution in [0.2, 0.25) is 0 Å². The van der Waals surface area contributed by atoms with Gasteiger partial charge in [0.15, 0.2) is 0 Å². The van der Waals surface area contributed by atoms with E-state index in [0.29, 0.717) is 32.1 Å². The number of benzene rings is 2. The van der Waals surface area contributed by atoms with Crippen LogP contribution in [0.3, 0.4) is 0 Å². The van der Waals surface area contributed by atoms with E-state index in [1.165, 1.54) is 0 Å². The summed E-state index contributed by atoms with van der Waals surface area (Å²) in [7, 11) is 0. The zero-order valence-electron chi connectivity index (χ0n) is 30.7. The fraction of sp³-hybridized carbons (Fsp3) is 0.625. The number of ether oxygens (including phenoxy) is 3. The van der Waals surface area contributed by atoms with Gasteiger partial charge in [-0.25, -0.2) is 0 Å². The first-order valence-electron chi connectivity index (χ1n) is 17.3. The van der Waals surface area contributed by atoms with Crippen LogP contribution in [0.1, 0.15) is 138 Å². The Morgan fingerprint density at radius 2 is 1.11 bits per heavy atom. The van der Waals surface area contributed by atoms with Gasteiger partial charge in [0.2, 0.25) is 0 Å². The van der Waals surface area contributed by atoms with Crippen molar-refractivity contribution in [3.05, 3.63) is 65.7 Å². The van der Waals surface area contributed by atoms with Gasteiger partial charge < -0.3 is 19.3 Å². The number of hydrogen-bond acceptors (Lipinski definition) is 7. The molecule has 2 rings (SSSR count). The number of phenolic OH excluding ortho intramolecular Hbond substituents is 1. The highest BCUT2D eigenvalue weighted by Gasteiger charge is 2.37. The zero-order valence-corrected chi connectivity index (χ0v) is 30.7. The Balaban J connectivity index is 2.30. The second kappa shape index (κ2) is 17.2. The Morgan fingerprint density at radius 3 is 1.60 bits per heavy atom. The average Bonchev–Trinajstić information content (AvgIpc) is 2.97. The fourth-order valence-electron chi connectivity index (χ4n) is 6.27. The summed E-state index contributed by atoms with van der Waals surface area (Å²) in [5.41, 5.74) is -0.210. The van der Waals surface area contributed by atoms with Gasteiger partial charge in [-0.1, -0.05) is 70.2 Å². The maximum atomic E-state index is 13.8. The standard InChI is InChI=1S/C40H60O7/c1-12-27(3)35(42)46-39(8,9)26-40(10,11)47-36(43)28(4)23-32(30-17-15-14-16-18-30)25-33(37(44)45-38(5,6)7)24-29(13-2)31-19-21-34(41)22-20-31/h14-22,27-29,32-33,41H,12-13,23-26H2,1-11H3. The number of carbonyl (C=O) groups is 3. The molecule has 0 radical (unpaired) electrons. The van der Waals surface area contributed by atoms with Crippen LogP contribution in [0, 0.1) is 17.8 Å². The number of aromatic hydroxyl groups is 1. The van der Waals surface area contributed by atoms with Crippen LogP contribution >= 0.6 is 0 Å². The van der Waals surface area contributed by atoms with Gasteiger partial charge in [0.25, 0.3) is 0 Å². The van der Waals surface area contributed by atoms with Gasteiger partial charge in [0.1, 0.15) is 22.6 Å². The van der Waals surface area contributed by atoms with Gasteiger partial charge in [0, 0.05) is 6.42 Å². The minimum atomic E-state index is -0.871. The van der Waals surface area contributed by atoms with Crippen LogP contribution in [0.5, 0.6) is 5.75 Å². The van der Waals surface area contributed by atoms with Crippen molar-refractivity contribution in [1.82, 2.24) is 0 Å². The van der Waals surface area contributed by atoms with E-state index in [2.05, 4.69) is 6.92 Å². The third-order valence-electron chi connectivity index (χ3n) is 8.67. The molecule has 5 atom stereocenters. The molecule has 0 heterocycles. The largest absolute Gasteiger partial charge is 0.508 e. The predicted octanol–water partition coefficient (Wildman–Crippen LogP) is 9.51. The quantitative estimate of drug-likeness (QED) is 0.134. The van der Waals surface area contributed by atoms with Crippen LogP contribution in [0.15, 0.2) is 54.6 Å². The summed E-state index contributed by atoms with van der Waals surface area (Å²) in [6.07, 6.45) is 3.43. The number of phenols is 1. The van der Waals surface area contributed by atoms with Crippen molar-refractivity contribution in [3.63, 3.8) is 0 Å². The predicted molar refractivity (Wildman–Crippen MR) is 187 cm³/mol. The van der Waals surface area contributed by atoms with Crippen LogP contribution in [0.4, 0.5) is 0 Å². The van der Waals surface area contributed by atoms with Gasteiger partial charge in [0.05, 0.1) is 17.8 Å². The first kappa shape index (κ1) is 39.8. The molecule has 0 amide bonds. The molecular weight excluding hydrogens is 592 g/mol. The highest BCUT2D eigenvalue weighted by Crippen LogP contribution is 2.38. The molecule has 0 bridgehead atoms. The molecule has 0 saturated heterocycles. The number of rotatable bonds is 17. The third-order valence-corrected chi connectivity index (χ3v) is 8.67. The Hall–Kier alpha value is -3.35. The first-order chi connectivity index (χ1) is 21.8. The van der Waals surface area contributed by atoms with Gasteiger partial charge in [-0.2, -0.15) is 0 Å². The first-order valence-corrected chi connectivity index (χ1v) is 17.3. The Morgan fingerprint density at radius 1 is 0.617 bits per heavy atom. The molecule has 7 nitrogen and oxygen atoms in total. The van der Waals surface area contributed by atoms with Gasteiger partial charge >= 0.3 is 17.9 Å². The maximum Gasteiger partial charge on any atom is 0.309 e. The Kier molecular flexibility index (Phi) is 14.5. The van der Waals surface area contributed by atoms with Gasteiger partial charge in [-0.05, 0) is 116 Å². The number of carbonyl (C=O) groups excluding carboxylic acids is 3. The normalized spacial score (nSPS) is 15.6. The van der Waals surface area contributed by atoms with Crippen LogP contribution in [0.25, 0.3) is 0 Å². The SMILES string of the molecule is CCC(C)C(=O)OC(C)(C)CC(C)(C)OC(=O)C(C)CC(CC(CC(CC)c1ccc(O)cc1)C(=O)OC(C)(C)C)c1ccccc1. The minimum absolute atomic E-state index is 0.0884. The van der Waals surface area contributed by atoms with E-state index >= 15 is 0 Å². The fourth-order valence-corrected chi connectivity index (χ4v) is 6.27. The number of esters is 3. The second-order valence-electron chi connectivity index (χ2n) is 15.5. The van der Waals surface area contributed by atoms with Crippen molar-refractivity contribution in [1.29, 1.82) is 0 Å². The van der Waals surface area contributed by atoms with Crippen molar-refractivity contribution >= 4 is 17.9 Å². The summed E-state index contributed by atoms with van der Waals surface area (Å²) < 4.78 is 17.8. The Bertz CT molecular complexity index is 1270. The monoisotopic (exact) mass is 652 g/mol. The molecule has 0 spiro atoms. The molecule has 1 N–H and O–H groups in total. The van der Waals surface area contributed by atoms with Crippen molar-refractivity contribution in [2.75, 3.05) is 0 Å². The number of hydrogen-bond donors (Lipinski definition) is 1. The molecule has 0 aromatic heterocycles. The molecule has 0 aliphatic carbocycles. The van der Waals surface area contributed by atoms with E-state index in [-0.39, 0.29) is 41.4 Å². The van der Waals surface area contributed by atoms with Crippen LogP contribution in [-0.4, -0.2) is 39.8 Å². The lowest BCUT2D eigenvalue weighted by molar-refractivity contribution is -0.175. The van der Waals surface area contributed by atoms with Crippen molar-refractivity contribution in [2.24, 2.45) is 17.8 Å². The van der Waals surface area contributed by atoms with Gasteiger partial charge in [-0.3, -0.25) is 14.4 Å². The van der Waals surface area contributed by atoms with E-state index in [9.17, 15) is 19.5 Å². The molecule has 0 aliphatic rings. The molecule has 47 heavy (non-hydrogen) atoms. The highest BCUT2D eigenvalue weighted by molar-refractivity contribution is 5.74. The molecule has 7 heteroatoms. The van der Waals surface area contributed by atoms with Crippen molar-refractivity contribution < 1.29 is 33.7 Å². The van der Waals surface area contributed by atoms with E-state index in [4.69, 9.17) is 14.2 Å². The third kappa shape index (κ3) is 13.7. The van der Waals surface area contributed by atoms with E-state index in [0.717, 1.165) is 17.5 Å². The Labute approximate surface area is 283 Å². The van der Waals surface area contributed by atoms with E-state index in [1.54, 1.807) is 12.1 Å². The lowest BCUT2D eigenvalue weighted by atomic mass is 9.78. The molecular formula is C40H60O7. The maximum absolute atomic E-state index is 13.8. The molecule has 0 fully saturated rings. The molecule has 2 aromatic carbocycles. The van der Waals surface area contributed by atoms with E-state index in [1.807, 2.05) is 112 Å². The van der Waals surface area contributed by atoms with Gasteiger partial charge in [-0.15, -0.1) is 0 Å². The average molecular weight is 653 g/mol. The zero-order chi connectivity index (χ0) is 35.6. The van der Waals surface area contributed by atoms with Crippen molar-refractivity contribution in [2.45, 2.75) is 143 Å². The minimum Gasteiger partial charge on any atom is -0.508 e.